The van der Waals surface area contributed by atoms with Crippen molar-refractivity contribution in [2.45, 2.75) is 26.3 Å². The molecule has 0 aliphatic carbocycles. The monoisotopic (exact) mass is 335 g/mol. The Labute approximate surface area is 136 Å². The molecule has 2 rings (SSSR count). The van der Waals surface area contributed by atoms with Crippen molar-refractivity contribution >= 4 is 15.8 Å². The number of aromatic nitrogens is 3. The van der Waals surface area contributed by atoms with Gasteiger partial charge >= 0.3 is 0 Å². The van der Waals surface area contributed by atoms with Crippen molar-refractivity contribution < 1.29 is 8.42 Å². The molecule has 0 bridgehead atoms. The summed E-state index contributed by atoms with van der Waals surface area (Å²) in [6.45, 7) is 5.88. The van der Waals surface area contributed by atoms with Crippen molar-refractivity contribution in [1.82, 2.24) is 19.7 Å². The van der Waals surface area contributed by atoms with E-state index in [9.17, 15) is 8.42 Å². The summed E-state index contributed by atoms with van der Waals surface area (Å²) in [6, 6.07) is 5.53. The lowest BCUT2D eigenvalue weighted by Crippen LogP contribution is -2.47. The fourth-order valence-electron chi connectivity index (χ4n) is 2.13. The third-order valence-electron chi connectivity index (χ3n) is 2.95. The highest BCUT2D eigenvalue weighted by Gasteiger charge is 2.22. The number of anilines is 1. The molecule has 2 heterocycles. The second-order valence-corrected chi connectivity index (χ2v) is 7.82. The number of sulfonamides is 1. The summed E-state index contributed by atoms with van der Waals surface area (Å²) < 4.78 is 25.3. The molecule has 0 amide bonds. The van der Waals surface area contributed by atoms with Crippen LogP contribution in [-0.2, 0) is 10.0 Å². The highest BCUT2D eigenvalue weighted by Crippen LogP contribution is 2.17. The summed E-state index contributed by atoms with van der Waals surface area (Å²) in [6.07, 6.45) is 4.54. The van der Waals surface area contributed by atoms with Crippen LogP contribution in [0.3, 0.4) is 0 Å². The standard InChI is InChI=1S/C15H21N5O2S/c1-11-8-13(17-10-15(2,3)20-23(4,21)22)19-14(18-11)12-6-5-7-16-9-12/h5-9,20H,10H2,1-4H3,(H,17,18,19). The van der Waals surface area contributed by atoms with Gasteiger partial charge in [0.1, 0.15) is 5.82 Å². The van der Waals surface area contributed by atoms with Gasteiger partial charge in [0.15, 0.2) is 5.82 Å². The van der Waals surface area contributed by atoms with Crippen molar-refractivity contribution in [1.29, 1.82) is 0 Å². The Morgan fingerprint density at radius 3 is 2.61 bits per heavy atom. The zero-order valence-corrected chi connectivity index (χ0v) is 14.5. The van der Waals surface area contributed by atoms with Crippen molar-refractivity contribution in [3.63, 3.8) is 0 Å². The molecule has 23 heavy (non-hydrogen) atoms. The highest BCUT2D eigenvalue weighted by atomic mass is 32.2. The van der Waals surface area contributed by atoms with Crippen LogP contribution in [0.4, 0.5) is 5.82 Å². The molecule has 0 aliphatic rings. The van der Waals surface area contributed by atoms with Gasteiger partial charge in [-0.05, 0) is 32.9 Å². The van der Waals surface area contributed by atoms with Gasteiger partial charge in [0.2, 0.25) is 10.0 Å². The van der Waals surface area contributed by atoms with E-state index in [0.29, 0.717) is 18.2 Å². The number of aryl methyl sites for hydroxylation is 1. The molecule has 0 unspecified atom stereocenters. The quantitative estimate of drug-likeness (QED) is 0.832. The van der Waals surface area contributed by atoms with Gasteiger partial charge in [-0.2, -0.15) is 0 Å². The maximum Gasteiger partial charge on any atom is 0.209 e. The Morgan fingerprint density at radius 1 is 1.26 bits per heavy atom. The van der Waals surface area contributed by atoms with Crippen molar-refractivity contribution in [2.75, 3.05) is 18.1 Å². The Hall–Kier alpha value is -2.06. The molecule has 0 fully saturated rings. The molecule has 0 aromatic carbocycles. The van der Waals surface area contributed by atoms with Gasteiger partial charge in [-0.1, -0.05) is 0 Å². The predicted molar refractivity (Wildman–Crippen MR) is 90.5 cm³/mol. The molecule has 8 heteroatoms. The van der Waals surface area contributed by atoms with Crippen molar-refractivity contribution in [3.8, 4) is 11.4 Å². The molecule has 2 N–H and O–H groups in total. The normalized spacial score (nSPS) is 12.2. The van der Waals surface area contributed by atoms with E-state index in [0.717, 1.165) is 17.5 Å². The van der Waals surface area contributed by atoms with Crippen LogP contribution in [0.5, 0.6) is 0 Å². The zero-order chi connectivity index (χ0) is 17.1. The van der Waals surface area contributed by atoms with Crippen molar-refractivity contribution in [2.24, 2.45) is 0 Å². The van der Waals surface area contributed by atoms with E-state index in [2.05, 4.69) is 25.0 Å². The SMILES string of the molecule is Cc1cc(NCC(C)(C)NS(C)(=O)=O)nc(-c2cccnc2)n1. The maximum absolute atomic E-state index is 11.4. The summed E-state index contributed by atoms with van der Waals surface area (Å²) >= 11 is 0. The lowest BCUT2D eigenvalue weighted by Gasteiger charge is -2.25. The van der Waals surface area contributed by atoms with E-state index in [4.69, 9.17) is 0 Å². The summed E-state index contributed by atoms with van der Waals surface area (Å²) in [4.78, 5) is 12.9. The third-order valence-corrected chi connectivity index (χ3v) is 3.87. The lowest BCUT2D eigenvalue weighted by atomic mass is 10.1. The first-order valence-electron chi connectivity index (χ1n) is 7.14. The van der Waals surface area contributed by atoms with Crippen LogP contribution in [0.25, 0.3) is 11.4 Å². The average Bonchev–Trinajstić information content (AvgIpc) is 2.43. The van der Waals surface area contributed by atoms with E-state index in [-0.39, 0.29) is 0 Å². The average molecular weight is 335 g/mol. The molecular formula is C15H21N5O2S. The van der Waals surface area contributed by atoms with Crippen LogP contribution in [0.15, 0.2) is 30.6 Å². The molecule has 124 valence electrons. The van der Waals surface area contributed by atoms with Gasteiger partial charge < -0.3 is 5.32 Å². The Bertz CT molecular complexity index is 776. The minimum absolute atomic E-state index is 0.392. The van der Waals surface area contributed by atoms with Crippen LogP contribution in [0, 0.1) is 6.92 Å². The Balaban J connectivity index is 2.17. The third kappa shape index (κ3) is 5.57. The Morgan fingerprint density at radius 2 is 2.00 bits per heavy atom. The number of hydrogen-bond donors (Lipinski definition) is 2. The number of hydrogen-bond acceptors (Lipinski definition) is 6. The first-order valence-corrected chi connectivity index (χ1v) is 9.03. The molecule has 0 saturated heterocycles. The van der Waals surface area contributed by atoms with Crippen LogP contribution in [-0.4, -0.2) is 41.7 Å². The molecule has 0 aliphatic heterocycles. The molecule has 2 aromatic heterocycles. The van der Waals surface area contributed by atoms with Gasteiger partial charge in [0, 0.05) is 41.8 Å². The fraction of sp³-hybridized carbons (Fsp3) is 0.400. The van der Waals surface area contributed by atoms with Gasteiger partial charge in [0.25, 0.3) is 0 Å². The molecule has 7 nitrogen and oxygen atoms in total. The smallest absolute Gasteiger partial charge is 0.209 e. The van der Waals surface area contributed by atoms with E-state index in [1.807, 2.05) is 25.1 Å². The second kappa shape index (κ2) is 6.59. The van der Waals surface area contributed by atoms with Crippen LogP contribution < -0.4 is 10.0 Å². The van der Waals surface area contributed by atoms with E-state index >= 15 is 0 Å². The summed E-state index contributed by atoms with van der Waals surface area (Å²) in [5.41, 5.74) is 1.00. The largest absolute Gasteiger partial charge is 0.368 e. The highest BCUT2D eigenvalue weighted by molar-refractivity contribution is 7.88. The van der Waals surface area contributed by atoms with E-state index < -0.39 is 15.6 Å². The van der Waals surface area contributed by atoms with Crippen LogP contribution >= 0.6 is 0 Å². The molecule has 0 saturated carbocycles. The van der Waals surface area contributed by atoms with E-state index in [1.54, 1.807) is 26.2 Å². The van der Waals surface area contributed by atoms with Crippen LogP contribution in [0.2, 0.25) is 0 Å². The zero-order valence-electron chi connectivity index (χ0n) is 13.7. The molecular weight excluding hydrogens is 314 g/mol. The lowest BCUT2D eigenvalue weighted by molar-refractivity contribution is 0.476. The number of nitrogens with zero attached hydrogens (tertiary/aromatic N) is 3. The minimum atomic E-state index is -3.28. The Kier molecular flexibility index (Phi) is 4.96. The van der Waals surface area contributed by atoms with Crippen LogP contribution in [0.1, 0.15) is 19.5 Å². The first-order chi connectivity index (χ1) is 10.6. The molecule has 0 atom stereocenters. The number of rotatable bonds is 6. The summed E-state index contributed by atoms with van der Waals surface area (Å²) in [5, 5.41) is 3.16. The van der Waals surface area contributed by atoms with Gasteiger partial charge in [-0.25, -0.2) is 23.1 Å². The summed E-state index contributed by atoms with van der Waals surface area (Å²) in [7, 11) is -3.28. The minimum Gasteiger partial charge on any atom is -0.368 e. The molecule has 0 radical (unpaired) electrons. The number of nitrogens with one attached hydrogen (secondary N) is 2. The second-order valence-electron chi connectivity index (χ2n) is 6.07. The fourth-order valence-corrected chi connectivity index (χ4v) is 3.21. The van der Waals surface area contributed by atoms with Gasteiger partial charge in [-0.3, -0.25) is 4.98 Å². The summed E-state index contributed by atoms with van der Waals surface area (Å²) in [5.74, 6) is 1.22. The predicted octanol–water partition coefficient (Wildman–Crippen LogP) is 1.59. The van der Waals surface area contributed by atoms with E-state index in [1.165, 1.54) is 0 Å². The first kappa shape index (κ1) is 17.3. The molecule has 0 spiro atoms. The van der Waals surface area contributed by atoms with Gasteiger partial charge in [0.05, 0.1) is 6.26 Å². The molecule has 2 aromatic rings. The number of pyridine rings is 1. The topological polar surface area (TPSA) is 96.9 Å². The maximum atomic E-state index is 11.4. The van der Waals surface area contributed by atoms with Gasteiger partial charge in [-0.15, -0.1) is 0 Å². The van der Waals surface area contributed by atoms with Crippen molar-refractivity contribution in [3.05, 3.63) is 36.3 Å².